The molecule has 0 aromatic heterocycles. The summed E-state index contributed by atoms with van der Waals surface area (Å²) < 4.78 is 0.709. The van der Waals surface area contributed by atoms with Crippen molar-refractivity contribution < 1.29 is 1.43 Å². The van der Waals surface area contributed by atoms with Crippen molar-refractivity contribution in [1.82, 2.24) is 0 Å². The number of hydrogen-bond acceptors (Lipinski definition) is 0. The quantitative estimate of drug-likeness (QED) is 0.650. The van der Waals surface area contributed by atoms with Crippen LogP contribution in [0.15, 0.2) is 30.3 Å². The smallest absolute Gasteiger partial charge is 1.00 e. The molecule has 1 rings (SSSR count). The third-order valence-corrected chi connectivity index (χ3v) is 2.13. The zero-order valence-electron chi connectivity index (χ0n) is 6.41. The molecule has 0 fully saturated rings. The largest absolute Gasteiger partial charge is 1.00 e. The van der Waals surface area contributed by atoms with Crippen molar-refractivity contribution in [2.75, 3.05) is 0 Å². The Morgan fingerprint density at radius 2 is 1.89 bits per heavy atom. The van der Waals surface area contributed by atoms with Crippen molar-refractivity contribution in [3.8, 4) is 0 Å². The van der Waals surface area contributed by atoms with E-state index in [4.69, 9.17) is 0 Å². The summed E-state index contributed by atoms with van der Waals surface area (Å²) in [6, 6.07) is 10.6. The molecular weight excluding hydrogens is 224 g/mol. The molecule has 0 aliphatic carbocycles. The van der Waals surface area contributed by atoms with E-state index in [2.05, 4.69) is 37.3 Å². The Morgan fingerprint density at radius 3 is 2.22 bits per heavy atom. The molecule has 1 aromatic rings. The van der Waals surface area contributed by atoms with Crippen LogP contribution >= 0.6 is 0 Å². The average molecular weight is 235 g/mol. The minimum atomic E-state index is 0. The average Bonchev–Trinajstić information content (AvgIpc) is 1.90. The second-order valence-electron chi connectivity index (χ2n) is 2.09. The maximum atomic E-state index is 2.23. The molecule has 0 bridgehead atoms. The van der Waals surface area contributed by atoms with E-state index in [1.54, 1.807) is 0 Å². The standard InChI is InChI=1S/C8H10Te/c1-7(9)8-5-3-2-4-6-8/h2-7,9H,1H3/p+1. The van der Waals surface area contributed by atoms with Crippen LogP contribution in [0.4, 0.5) is 0 Å². The van der Waals surface area contributed by atoms with Crippen molar-refractivity contribution in [2.45, 2.75) is 10.9 Å². The van der Waals surface area contributed by atoms with Crippen LogP contribution in [0, 0.1) is 0 Å². The van der Waals surface area contributed by atoms with Gasteiger partial charge in [0.15, 0.2) is 0 Å². The second kappa shape index (κ2) is 3.25. The molecule has 0 nitrogen and oxygen atoms in total. The fourth-order valence-electron chi connectivity index (χ4n) is 0.732. The summed E-state index contributed by atoms with van der Waals surface area (Å²) in [6.07, 6.45) is 0. The molecule has 1 aromatic carbocycles. The molecule has 0 spiro atoms. The van der Waals surface area contributed by atoms with Gasteiger partial charge in [0.25, 0.3) is 0 Å². The molecule has 0 aliphatic heterocycles. The van der Waals surface area contributed by atoms with Gasteiger partial charge in [0.05, 0.1) is 0 Å². The fraction of sp³-hybridized carbons (Fsp3) is 0.250. The minimum Gasteiger partial charge on any atom is 1.00 e. The van der Waals surface area contributed by atoms with Gasteiger partial charge in [-0.15, -0.1) is 0 Å². The molecule has 0 N–H and O–H groups in total. The van der Waals surface area contributed by atoms with Gasteiger partial charge in [-0.3, -0.25) is 0 Å². The van der Waals surface area contributed by atoms with Gasteiger partial charge < -0.3 is 0 Å². The predicted octanol–water partition coefficient (Wildman–Crippen LogP) is 1.76. The zero-order valence-corrected chi connectivity index (χ0v) is 7.96. The first kappa shape index (κ1) is 7.12. The van der Waals surface area contributed by atoms with Crippen molar-refractivity contribution in [3.05, 3.63) is 35.9 Å². The van der Waals surface area contributed by atoms with E-state index in [-0.39, 0.29) is 1.43 Å². The van der Waals surface area contributed by atoms with E-state index in [1.807, 2.05) is 22.3 Å². The van der Waals surface area contributed by atoms with Crippen molar-refractivity contribution >= 4 is 22.3 Å². The van der Waals surface area contributed by atoms with Crippen molar-refractivity contribution in [2.24, 2.45) is 0 Å². The summed E-state index contributed by atoms with van der Waals surface area (Å²) in [5.74, 6) is 0. The van der Waals surface area contributed by atoms with Gasteiger partial charge in [0.1, 0.15) is 0 Å². The Bertz CT molecular complexity index is 172. The third-order valence-electron chi connectivity index (χ3n) is 1.28. The van der Waals surface area contributed by atoms with Crippen LogP contribution in [0.25, 0.3) is 0 Å². The molecule has 1 unspecified atom stereocenters. The Balaban J connectivity index is 0.000000810. The van der Waals surface area contributed by atoms with Gasteiger partial charge in [-0.2, -0.15) is 0 Å². The summed E-state index contributed by atoms with van der Waals surface area (Å²) in [5.41, 5.74) is 1.44. The van der Waals surface area contributed by atoms with Gasteiger partial charge in [0, 0.05) is 0 Å². The Labute approximate surface area is 70.7 Å². The predicted molar refractivity (Wildman–Crippen MR) is 43.1 cm³/mol. The van der Waals surface area contributed by atoms with Crippen LogP contribution in [0.1, 0.15) is 17.9 Å². The van der Waals surface area contributed by atoms with Gasteiger partial charge in [-0.25, -0.2) is 0 Å². The fourth-order valence-corrected chi connectivity index (χ4v) is 1.22. The molecule has 0 saturated heterocycles. The number of hydrogen-bond donors (Lipinski definition) is 0. The SMILES string of the molecule is CC([TeH])c1ccccc1.[H+]. The van der Waals surface area contributed by atoms with E-state index in [0.29, 0.717) is 3.97 Å². The molecule has 1 atom stereocenters. The maximum Gasteiger partial charge on any atom is 1.00 e. The normalized spacial score (nSPS) is 13.1. The monoisotopic (exact) mass is 237 g/mol. The van der Waals surface area contributed by atoms with Gasteiger partial charge in [-0.1, -0.05) is 0 Å². The molecule has 1 heteroatoms. The topological polar surface area (TPSA) is 0 Å². The van der Waals surface area contributed by atoms with Crippen molar-refractivity contribution in [1.29, 1.82) is 0 Å². The van der Waals surface area contributed by atoms with Crippen molar-refractivity contribution in [3.63, 3.8) is 0 Å². The minimum absolute atomic E-state index is 0. The molecule has 0 saturated carbocycles. The van der Waals surface area contributed by atoms with E-state index in [9.17, 15) is 0 Å². The number of rotatable bonds is 1. The maximum absolute atomic E-state index is 2.23. The van der Waals surface area contributed by atoms with E-state index >= 15 is 0 Å². The molecule has 0 heterocycles. The van der Waals surface area contributed by atoms with Gasteiger partial charge in [-0.05, 0) is 0 Å². The second-order valence-corrected chi connectivity index (χ2v) is 4.30. The van der Waals surface area contributed by atoms with Gasteiger partial charge >= 0.3 is 70.5 Å². The first-order chi connectivity index (χ1) is 4.30. The summed E-state index contributed by atoms with van der Waals surface area (Å²) in [6.45, 7) is 2.23. The molecule has 0 amide bonds. The molecule has 48 valence electrons. The van der Waals surface area contributed by atoms with Crippen LogP contribution < -0.4 is 0 Å². The van der Waals surface area contributed by atoms with E-state index < -0.39 is 0 Å². The molecule has 9 heavy (non-hydrogen) atoms. The van der Waals surface area contributed by atoms with Crippen LogP contribution in [0.3, 0.4) is 0 Å². The summed E-state index contributed by atoms with van der Waals surface area (Å²) >= 11 is 1.86. The van der Waals surface area contributed by atoms with E-state index in [1.165, 1.54) is 5.56 Å². The van der Waals surface area contributed by atoms with E-state index in [0.717, 1.165) is 0 Å². The summed E-state index contributed by atoms with van der Waals surface area (Å²) in [5, 5.41) is 0. The van der Waals surface area contributed by atoms with Crippen LogP contribution in [-0.2, 0) is 0 Å². The van der Waals surface area contributed by atoms with Crippen LogP contribution in [0.2, 0.25) is 0 Å². The van der Waals surface area contributed by atoms with Gasteiger partial charge in [0.2, 0.25) is 0 Å². The first-order valence-electron chi connectivity index (χ1n) is 3.03. The Kier molecular flexibility index (Phi) is 2.57. The Morgan fingerprint density at radius 1 is 1.33 bits per heavy atom. The molecule has 0 radical (unpaired) electrons. The Hall–Kier alpha value is 0.00961. The van der Waals surface area contributed by atoms with Crippen LogP contribution in [-0.4, -0.2) is 22.3 Å². The molecular formula is C8H11Te+. The third kappa shape index (κ3) is 2.01. The number of benzene rings is 1. The zero-order chi connectivity index (χ0) is 6.69. The first-order valence-corrected chi connectivity index (χ1v) is 4.51. The summed E-state index contributed by atoms with van der Waals surface area (Å²) in [7, 11) is 0. The van der Waals surface area contributed by atoms with Crippen LogP contribution in [0.5, 0.6) is 0 Å². The summed E-state index contributed by atoms with van der Waals surface area (Å²) in [4.78, 5) is 0. The molecule has 0 aliphatic rings.